The Morgan fingerprint density at radius 2 is 1.03 bits per heavy atom. The first-order valence-corrected chi connectivity index (χ1v) is 10.1. The molecule has 0 spiro atoms. The lowest BCUT2D eigenvalue weighted by atomic mass is 10.2. The van der Waals surface area contributed by atoms with Crippen LogP contribution >= 0.6 is 0 Å². The molecule has 0 radical (unpaired) electrons. The molecule has 4 rings (SSSR count). The fourth-order valence-electron chi connectivity index (χ4n) is 3.56. The second-order valence-electron chi connectivity index (χ2n) is 7.61. The molecule has 0 aliphatic carbocycles. The van der Waals surface area contributed by atoms with E-state index in [0.29, 0.717) is 34.2 Å². The zero-order chi connectivity index (χ0) is 22.8. The van der Waals surface area contributed by atoms with E-state index >= 15 is 0 Å². The third-order valence-corrected chi connectivity index (χ3v) is 5.36. The summed E-state index contributed by atoms with van der Waals surface area (Å²) in [5, 5.41) is 18.0. The minimum absolute atomic E-state index is 0.632. The summed E-state index contributed by atoms with van der Waals surface area (Å²) in [5.41, 5.74) is 4.96. The van der Waals surface area contributed by atoms with E-state index in [2.05, 4.69) is 12.1 Å². The number of hydrogen-bond donors (Lipinski definition) is 0. The first-order chi connectivity index (χ1) is 15.4. The van der Waals surface area contributed by atoms with Gasteiger partial charge in [-0.1, -0.05) is 0 Å². The molecule has 0 unspecified atom stereocenters. The number of aromatic nitrogens is 2. The monoisotopic (exact) mass is 422 g/mol. The second-order valence-corrected chi connectivity index (χ2v) is 7.61. The minimum atomic E-state index is 0.632. The third-order valence-electron chi connectivity index (χ3n) is 5.36. The average molecular weight is 422 g/mol. The zero-order valence-corrected chi connectivity index (χ0v) is 18.4. The summed E-state index contributed by atoms with van der Waals surface area (Å²) >= 11 is 0. The van der Waals surface area contributed by atoms with Gasteiger partial charge in [0, 0.05) is 36.6 Å². The average Bonchev–Trinajstić information content (AvgIpc) is 3.57. The van der Waals surface area contributed by atoms with Crippen molar-refractivity contribution in [1.29, 1.82) is 10.5 Å². The molecule has 0 saturated carbocycles. The standard InChI is InChI=1S/C26H22N4O2/c1-17(15-27)13-19-5-7-21(29(19)3)23-9-11-25(31-23)26-12-10-24(32-26)22-8-6-20(30(22)4)14-18(2)16-28/h5-14H,1-4H3/b17-13-,18-14-. The van der Waals surface area contributed by atoms with Crippen molar-refractivity contribution < 1.29 is 8.83 Å². The molecule has 4 heterocycles. The lowest BCUT2D eigenvalue weighted by Gasteiger charge is -2.03. The van der Waals surface area contributed by atoms with E-state index in [1.165, 1.54) is 0 Å². The highest BCUT2D eigenvalue weighted by Gasteiger charge is 2.16. The van der Waals surface area contributed by atoms with Gasteiger partial charge in [-0.05, 0) is 74.5 Å². The number of furan rings is 2. The van der Waals surface area contributed by atoms with Gasteiger partial charge in [0.25, 0.3) is 0 Å². The first kappa shape index (κ1) is 20.8. The molecule has 0 saturated heterocycles. The molecule has 6 heteroatoms. The molecule has 0 fully saturated rings. The molecule has 0 N–H and O–H groups in total. The highest BCUT2D eigenvalue weighted by Crippen LogP contribution is 2.33. The van der Waals surface area contributed by atoms with Gasteiger partial charge in [0.15, 0.2) is 23.0 Å². The quantitative estimate of drug-likeness (QED) is 0.348. The van der Waals surface area contributed by atoms with Gasteiger partial charge in [-0.25, -0.2) is 0 Å². The predicted octanol–water partition coefficient (Wildman–Crippen LogP) is 6.40. The van der Waals surface area contributed by atoms with Gasteiger partial charge < -0.3 is 18.0 Å². The molecule has 158 valence electrons. The molecule has 4 aromatic heterocycles. The molecule has 0 aromatic carbocycles. The van der Waals surface area contributed by atoms with E-state index in [9.17, 15) is 0 Å². The highest BCUT2D eigenvalue weighted by molar-refractivity contribution is 5.67. The van der Waals surface area contributed by atoms with Crippen LogP contribution in [-0.4, -0.2) is 9.13 Å². The predicted molar refractivity (Wildman–Crippen MR) is 124 cm³/mol. The van der Waals surface area contributed by atoms with Crippen molar-refractivity contribution in [3.05, 3.63) is 71.1 Å². The molecule has 0 aliphatic heterocycles. The van der Waals surface area contributed by atoms with Crippen LogP contribution in [0.15, 0.2) is 68.5 Å². The van der Waals surface area contributed by atoms with Crippen molar-refractivity contribution in [3.8, 4) is 46.6 Å². The van der Waals surface area contributed by atoms with Gasteiger partial charge in [0.2, 0.25) is 0 Å². The summed E-state index contributed by atoms with van der Waals surface area (Å²) in [6.07, 6.45) is 3.68. The maximum Gasteiger partial charge on any atom is 0.170 e. The van der Waals surface area contributed by atoms with E-state index in [1.54, 1.807) is 13.8 Å². The van der Waals surface area contributed by atoms with Gasteiger partial charge in [0.05, 0.1) is 23.5 Å². The van der Waals surface area contributed by atoms with Crippen LogP contribution in [0.25, 0.3) is 46.6 Å². The molecule has 0 aliphatic rings. The van der Waals surface area contributed by atoms with Crippen LogP contribution in [0.1, 0.15) is 25.2 Å². The topological polar surface area (TPSA) is 83.7 Å². The Bertz CT molecular complexity index is 1330. The van der Waals surface area contributed by atoms with Gasteiger partial charge in [0.1, 0.15) is 0 Å². The fourth-order valence-corrected chi connectivity index (χ4v) is 3.56. The van der Waals surface area contributed by atoms with Crippen molar-refractivity contribution >= 4 is 12.2 Å². The second kappa shape index (κ2) is 8.37. The molecular weight excluding hydrogens is 400 g/mol. The van der Waals surface area contributed by atoms with Crippen molar-refractivity contribution in [1.82, 2.24) is 9.13 Å². The van der Waals surface area contributed by atoms with Gasteiger partial charge in [-0.2, -0.15) is 10.5 Å². The molecule has 4 aromatic rings. The van der Waals surface area contributed by atoms with Crippen LogP contribution in [0, 0.1) is 22.7 Å². The van der Waals surface area contributed by atoms with Crippen LogP contribution < -0.4 is 0 Å². The van der Waals surface area contributed by atoms with E-state index in [0.717, 1.165) is 22.8 Å². The number of rotatable bonds is 5. The Hall–Kier alpha value is -4.42. The minimum Gasteiger partial charge on any atom is -0.451 e. The zero-order valence-electron chi connectivity index (χ0n) is 18.4. The fraction of sp³-hybridized carbons (Fsp3) is 0.154. The summed E-state index contributed by atoms with van der Waals surface area (Å²) in [4.78, 5) is 0. The van der Waals surface area contributed by atoms with E-state index in [-0.39, 0.29) is 0 Å². The van der Waals surface area contributed by atoms with Crippen LogP contribution in [0.4, 0.5) is 0 Å². The SMILES string of the molecule is C/C(C#N)=C/c1ccc(-c2ccc(-c3ccc(-c4ccc(/C=C(/C)C#N)n4C)o3)o2)n1C. The summed E-state index contributed by atoms with van der Waals surface area (Å²) in [6.45, 7) is 3.56. The van der Waals surface area contributed by atoms with Crippen LogP contribution in [0.5, 0.6) is 0 Å². The Labute approximate surface area is 186 Å². The molecule has 0 bridgehead atoms. The Morgan fingerprint density at radius 3 is 1.41 bits per heavy atom. The van der Waals surface area contributed by atoms with Crippen molar-refractivity contribution in [3.63, 3.8) is 0 Å². The summed E-state index contributed by atoms with van der Waals surface area (Å²) in [6, 6.07) is 19.7. The Kier molecular flexibility index (Phi) is 5.45. The molecule has 6 nitrogen and oxygen atoms in total. The van der Waals surface area contributed by atoms with Gasteiger partial charge in [-0.3, -0.25) is 0 Å². The molecular formula is C26H22N4O2. The Morgan fingerprint density at radius 1 is 0.656 bits per heavy atom. The van der Waals surface area contributed by atoms with E-state index in [1.807, 2.05) is 83.9 Å². The van der Waals surface area contributed by atoms with Crippen LogP contribution in [0.2, 0.25) is 0 Å². The van der Waals surface area contributed by atoms with Crippen molar-refractivity contribution in [2.24, 2.45) is 14.1 Å². The molecule has 32 heavy (non-hydrogen) atoms. The van der Waals surface area contributed by atoms with Crippen LogP contribution in [0.3, 0.4) is 0 Å². The number of allylic oxidation sites excluding steroid dienone is 2. The number of nitriles is 2. The number of hydrogen-bond acceptors (Lipinski definition) is 4. The van der Waals surface area contributed by atoms with Gasteiger partial charge >= 0.3 is 0 Å². The smallest absolute Gasteiger partial charge is 0.170 e. The maximum atomic E-state index is 9.02. The lowest BCUT2D eigenvalue weighted by Crippen LogP contribution is -1.93. The summed E-state index contributed by atoms with van der Waals surface area (Å²) in [7, 11) is 3.88. The molecule has 0 atom stereocenters. The first-order valence-electron chi connectivity index (χ1n) is 10.1. The Balaban J connectivity index is 1.62. The summed E-state index contributed by atoms with van der Waals surface area (Å²) in [5.74, 6) is 2.70. The largest absolute Gasteiger partial charge is 0.451 e. The van der Waals surface area contributed by atoms with Crippen molar-refractivity contribution in [2.75, 3.05) is 0 Å². The maximum absolute atomic E-state index is 9.02. The van der Waals surface area contributed by atoms with E-state index < -0.39 is 0 Å². The number of nitrogens with zero attached hydrogens (tertiary/aromatic N) is 4. The lowest BCUT2D eigenvalue weighted by molar-refractivity contribution is 0.534. The van der Waals surface area contributed by atoms with Gasteiger partial charge in [-0.15, -0.1) is 0 Å². The summed E-state index contributed by atoms with van der Waals surface area (Å²) < 4.78 is 16.1. The van der Waals surface area contributed by atoms with Crippen molar-refractivity contribution in [2.45, 2.75) is 13.8 Å². The van der Waals surface area contributed by atoms with Crippen LogP contribution in [-0.2, 0) is 14.1 Å². The van der Waals surface area contributed by atoms with E-state index in [4.69, 9.17) is 19.4 Å². The highest BCUT2D eigenvalue weighted by atomic mass is 16.4. The third kappa shape index (κ3) is 3.82. The normalized spacial score (nSPS) is 12.1. The molecule has 0 amide bonds.